The summed E-state index contributed by atoms with van der Waals surface area (Å²) in [6.07, 6.45) is 2.82. The van der Waals surface area contributed by atoms with Crippen molar-refractivity contribution in [3.63, 3.8) is 0 Å². The van der Waals surface area contributed by atoms with Crippen LogP contribution in [0.4, 0.5) is 0 Å². The molecule has 3 amide bonds. The SMILES string of the molecule is C[C@H](NC(=O)[C@@H]1CCCN1C(=O)[C@H](C)NC(=O)[C@@H]1CCCN1)C(=O)O. The molecule has 0 saturated carbocycles. The summed E-state index contributed by atoms with van der Waals surface area (Å²) in [5.74, 6) is -2.14. The summed E-state index contributed by atoms with van der Waals surface area (Å²) >= 11 is 0. The number of nitrogens with zero attached hydrogens (tertiary/aromatic N) is 1. The topological polar surface area (TPSA) is 128 Å². The molecule has 0 bridgehead atoms. The molecule has 25 heavy (non-hydrogen) atoms. The molecule has 0 spiro atoms. The second-order valence-electron chi connectivity index (χ2n) is 6.64. The summed E-state index contributed by atoms with van der Waals surface area (Å²) in [6.45, 7) is 4.18. The van der Waals surface area contributed by atoms with E-state index in [1.807, 2.05) is 0 Å². The molecule has 4 atom stereocenters. The Morgan fingerprint density at radius 1 is 1.04 bits per heavy atom. The number of carboxylic acids is 1. The van der Waals surface area contributed by atoms with E-state index in [0.717, 1.165) is 19.4 Å². The fourth-order valence-corrected chi connectivity index (χ4v) is 3.21. The summed E-state index contributed by atoms with van der Waals surface area (Å²) in [6, 6.07) is -2.72. The van der Waals surface area contributed by atoms with Crippen LogP contribution in [0.2, 0.25) is 0 Å². The molecule has 2 fully saturated rings. The highest BCUT2D eigenvalue weighted by Crippen LogP contribution is 2.19. The molecule has 0 aromatic rings. The Hall–Kier alpha value is -2.16. The third-order valence-electron chi connectivity index (χ3n) is 4.67. The third-order valence-corrected chi connectivity index (χ3v) is 4.67. The predicted octanol–water partition coefficient (Wildman–Crippen LogP) is -1.18. The van der Waals surface area contributed by atoms with Gasteiger partial charge in [-0.25, -0.2) is 0 Å². The van der Waals surface area contributed by atoms with Crippen molar-refractivity contribution in [3.05, 3.63) is 0 Å². The quantitative estimate of drug-likeness (QED) is 0.476. The third kappa shape index (κ3) is 4.68. The summed E-state index contributed by atoms with van der Waals surface area (Å²) in [4.78, 5) is 49.3. The van der Waals surface area contributed by atoms with Gasteiger partial charge in [0.05, 0.1) is 6.04 Å². The molecule has 2 heterocycles. The number of rotatable bonds is 6. The molecule has 2 rings (SSSR count). The van der Waals surface area contributed by atoms with Gasteiger partial charge in [0, 0.05) is 6.54 Å². The first-order valence-electron chi connectivity index (χ1n) is 8.68. The van der Waals surface area contributed by atoms with Gasteiger partial charge in [0.2, 0.25) is 17.7 Å². The maximum atomic E-state index is 12.6. The van der Waals surface area contributed by atoms with E-state index < -0.39 is 30.0 Å². The van der Waals surface area contributed by atoms with Gasteiger partial charge in [-0.05, 0) is 46.1 Å². The minimum absolute atomic E-state index is 0.210. The smallest absolute Gasteiger partial charge is 0.325 e. The van der Waals surface area contributed by atoms with Crippen LogP contribution in [-0.4, -0.2) is 71.0 Å². The lowest BCUT2D eigenvalue weighted by molar-refractivity contribution is -0.144. The predicted molar refractivity (Wildman–Crippen MR) is 88.6 cm³/mol. The number of nitrogens with one attached hydrogen (secondary N) is 3. The Balaban J connectivity index is 1.93. The molecular weight excluding hydrogens is 328 g/mol. The fourth-order valence-electron chi connectivity index (χ4n) is 3.21. The van der Waals surface area contributed by atoms with Crippen LogP contribution in [0.25, 0.3) is 0 Å². The van der Waals surface area contributed by atoms with E-state index in [-0.39, 0.29) is 17.9 Å². The van der Waals surface area contributed by atoms with E-state index in [1.165, 1.54) is 11.8 Å². The lowest BCUT2D eigenvalue weighted by Gasteiger charge is -2.28. The van der Waals surface area contributed by atoms with E-state index >= 15 is 0 Å². The minimum Gasteiger partial charge on any atom is -0.480 e. The van der Waals surface area contributed by atoms with Crippen molar-refractivity contribution < 1.29 is 24.3 Å². The van der Waals surface area contributed by atoms with Crippen LogP contribution < -0.4 is 16.0 Å². The average molecular weight is 354 g/mol. The Kier molecular flexibility index (Phi) is 6.35. The second-order valence-corrected chi connectivity index (χ2v) is 6.64. The maximum Gasteiger partial charge on any atom is 0.325 e. The number of amides is 3. The Bertz CT molecular complexity index is 547. The van der Waals surface area contributed by atoms with E-state index in [2.05, 4.69) is 16.0 Å². The second kappa shape index (κ2) is 8.28. The molecule has 0 unspecified atom stereocenters. The number of hydrogen-bond donors (Lipinski definition) is 4. The summed E-state index contributed by atoms with van der Waals surface area (Å²) in [5, 5.41) is 17.1. The normalized spacial score (nSPS) is 25.3. The summed E-state index contributed by atoms with van der Waals surface area (Å²) in [7, 11) is 0. The van der Waals surface area contributed by atoms with Crippen molar-refractivity contribution >= 4 is 23.7 Å². The van der Waals surface area contributed by atoms with Crippen molar-refractivity contribution in [1.82, 2.24) is 20.9 Å². The van der Waals surface area contributed by atoms with Crippen molar-refractivity contribution in [2.24, 2.45) is 0 Å². The summed E-state index contributed by atoms with van der Waals surface area (Å²) in [5.41, 5.74) is 0. The van der Waals surface area contributed by atoms with Crippen LogP contribution in [0, 0.1) is 0 Å². The molecule has 4 N–H and O–H groups in total. The molecule has 9 nitrogen and oxygen atoms in total. The average Bonchev–Trinajstić information content (AvgIpc) is 3.25. The van der Waals surface area contributed by atoms with Crippen LogP contribution in [-0.2, 0) is 19.2 Å². The zero-order chi connectivity index (χ0) is 18.6. The fraction of sp³-hybridized carbons (Fsp3) is 0.750. The molecule has 0 radical (unpaired) electrons. The molecule has 2 saturated heterocycles. The van der Waals surface area contributed by atoms with E-state index in [4.69, 9.17) is 5.11 Å². The molecular formula is C16H26N4O5. The van der Waals surface area contributed by atoms with E-state index in [0.29, 0.717) is 19.4 Å². The number of likely N-dealkylation sites (tertiary alicyclic amines) is 1. The minimum atomic E-state index is -1.13. The first-order valence-corrected chi connectivity index (χ1v) is 8.68. The molecule has 0 aromatic carbocycles. The van der Waals surface area contributed by atoms with Crippen molar-refractivity contribution in [2.75, 3.05) is 13.1 Å². The van der Waals surface area contributed by atoms with Crippen LogP contribution in [0.3, 0.4) is 0 Å². The van der Waals surface area contributed by atoms with Gasteiger partial charge in [-0.15, -0.1) is 0 Å². The number of carbonyl (C=O) groups is 4. The maximum absolute atomic E-state index is 12.6. The van der Waals surface area contributed by atoms with Gasteiger partial charge >= 0.3 is 5.97 Å². The number of hydrogen-bond acceptors (Lipinski definition) is 5. The van der Waals surface area contributed by atoms with Gasteiger partial charge < -0.3 is 26.0 Å². The first kappa shape index (κ1) is 19.2. The lowest BCUT2D eigenvalue weighted by atomic mass is 10.1. The van der Waals surface area contributed by atoms with Gasteiger partial charge in [0.15, 0.2) is 0 Å². The molecule has 0 aliphatic carbocycles. The molecule has 0 aromatic heterocycles. The number of aliphatic carboxylic acids is 1. The Morgan fingerprint density at radius 2 is 1.72 bits per heavy atom. The van der Waals surface area contributed by atoms with Crippen LogP contribution in [0.1, 0.15) is 39.5 Å². The highest BCUT2D eigenvalue weighted by molar-refractivity contribution is 5.94. The van der Waals surface area contributed by atoms with E-state index in [9.17, 15) is 19.2 Å². The standard InChI is InChI=1S/C16H26N4O5/c1-9(18-13(21)11-5-3-7-17-11)15(23)20-8-4-6-12(20)14(22)19-10(2)16(24)25/h9-12,17H,3-8H2,1-2H3,(H,18,21)(H,19,22)(H,24,25)/t9-,10-,11-,12-/m0/s1. The van der Waals surface area contributed by atoms with Crippen LogP contribution in [0.15, 0.2) is 0 Å². The monoisotopic (exact) mass is 354 g/mol. The number of carbonyl (C=O) groups excluding carboxylic acids is 3. The Labute approximate surface area is 146 Å². The lowest BCUT2D eigenvalue weighted by Crippen LogP contribution is -2.55. The number of carboxylic acid groups (broad SMARTS) is 1. The molecule has 2 aliphatic rings. The zero-order valence-corrected chi connectivity index (χ0v) is 14.6. The largest absolute Gasteiger partial charge is 0.480 e. The first-order chi connectivity index (χ1) is 11.8. The van der Waals surface area contributed by atoms with Gasteiger partial charge in [0.25, 0.3) is 0 Å². The molecule has 9 heteroatoms. The van der Waals surface area contributed by atoms with Gasteiger partial charge in [-0.1, -0.05) is 0 Å². The zero-order valence-electron chi connectivity index (χ0n) is 14.6. The van der Waals surface area contributed by atoms with Gasteiger partial charge in [-0.3, -0.25) is 19.2 Å². The van der Waals surface area contributed by atoms with Crippen LogP contribution in [0.5, 0.6) is 0 Å². The van der Waals surface area contributed by atoms with E-state index in [1.54, 1.807) is 6.92 Å². The van der Waals surface area contributed by atoms with Crippen molar-refractivity contribution in [1.29, 1.82) is 0 Å². The molecule has 140 valence electrons. The Morgan fingerprint density at radius 3 is 2.32 bits per heavy atom. The van der Waals surface area contributed by atoms with Gasteiger partial charge in [0.1, 0.15) is 18.1 Å². The van der Waals surface area contributed by atoms with Crippen LogP contribution >= 0.6 is 0 Å². The highest BCUT2D eigenvalue weighted by Gasteiger charge is 2.37. The van der Waals surface area contributed by atoms with Crippen molar-refractivity contribution in [3.8, 4) is 0 Å². The van der Waals surface area contributed by atoms with Gasteiger partial charge in [-0.2, -0.15) is 0 Å². The highest BCUT2D eigenvalue weighted by atomic mass is 16.4. The summed E-state index contributed by atoms with van der Waals surface area (Å²) < 4.78 is 0. The molecule has 2 aliphatic heterocycles. The van der Waals surface area contributed by atoms with Crippen molar-refractivity contribution in [2.45, 2.75) is 63.7 Å².